The fourth-order valence-corrected chi connectivity index (χ4v) is 4.30. The number of nitrogens with two attached hydrogens (primary N) is 1. The molecule has 6 heteroatoms. The normalized spacial score (nSPS) is 15.6. The lowest BCUT2D eigenvalue weighted by molar-refractivity contribution is 0.360. The van der Waals surface area contributed by atoms with Crippen molar-refractivity contribution in [2.24, 2.45) is 11.7 Å². The number of hydrogen-bond acceptors (Lipinski definition) is 3. The lowest BCUT2D eigenvalue weighted by Gasteiger charge is -2.23. The van der Waals surface area contributed by atoms with E-state index in [0.29, 0.717) is 28.8 Å². The summed E-state index contributed by atoms with van der Waals surface area (Å²) in [7, 11) is -3.41. The summed E-state index contributed by atoms with van der Waals surface area (Å²) in [5.74, 6) is 0.314. The molecule has 0 atom stereocenters. The average Bonchev–Trinajstić information content (AvgIpc) is 3.19. The molecule has 1 aliphatic rings. The maximum atomic E-state index is 12.8. The molecule has 1 aliphatic carbocycles. The molecule has 1 aromatic carbocycles. The predicted octanol–water partition coefficient (Wildman–Crippen LogP) is 2.32. The number of hydrogen-bond donors (Lipinski definition) is 1. The van der Waals surface area contributed by atoms with Crippen LogP contribution in [0.5, 0.6) is 0 Å². The summed E-state index contributed by atoms with van der Waals surface area (Å²) in [6, 6.07) is 7.05. The van der Waals surface area contributed by atoms with Gasteiger partial charge in [0.1, 0.15) is 0 Å². The van der Waals surface area contributed by atoms with E-state index in [9.17, 15) is 8.42 Å². The Labute approximate surface area is 132 Å². The first kappa shape index (κ1) is 16.4. The van der Waals surface area contributed by atoms with Crippen LogP contribution < -0.4 is 5.73 Å². The van der Waals surface area contributed by atoms with Crippen molar-refractivity contribution in [2.75, 3.05) is 6.54 Å². The van der Waals surface area contributed by atoms with Crippen molar-refractivity contribution < 1.29 is 8.42 Å². The van der Waals surface area contributed by atoms with Gasteiger partial charge in [-0.1, -0.05) is 38.2 Å². The van der Waals surface area contributed by atoms with Crippen LogP contribution in [0.2, 0.25) is 0 Å². The highest BCUT2D eigenvalue weighted by atomic mass is 32.2. The van der Waals surface area contributed by atoms with Gasteiger partial charge >= 0.3 is 0 Å². The minimum absolute atomic E-state index is 0.175. The van der Waals surface area contributed by atoms with Gasteiger partial charge in [0.05, 0.1) is 9.88 Å². The van der Waals surface area contributed by atoms with E-state index < -0.39 is 10.0 Å². The fraction of sp³-hybridized carbons (Fsp3) is 0.533. The van der Waals surface area contributed by atoms with Gasteiger partial charge in [0, 0.05) is 19.0 Å². The van der Waals surface area contributed by atoms with Crippen molar-refractivity contribution in [3.05, 3.63) is 29.8 Å². The molecule has 0 spiro atoms. The molecular formula is C15H22N2O2S2. The number of nitrogens with zero attached hydrogens (tertiary/aromatic N) is 1. The summed E-state index contributed by atoms with van der Waals surface area (Å²) in [5, 5.41) is 0. The Balaban J connectivity index is 2.23. The smallest absolute Gasteiger partial charge is 0.243 e. The van der Waals surface area contributed by atoms with E-state index in [1.54, 1.807) is 28.6 Å². The molecule has 21 heavy (non-hydrogen) atoms. The van der Waals surface area contributed by atoms with Crippen molar-refractivity contribution in [2.45, 2.75) is 44.0 Å². The van der Waals surface area contributed by atoms with Crippen LogP contribution >= 0.6 is 12.2 Å². The topological polar surface area (TPSA) is 63.4 Å². The first-order valence-electron chi connectivity index (χ1n) is 7.20. The van der Waals surface area contributed by atoms with Crippen LogP contribution in [-0.4, -0.2) is 30.3 Å². The summed E-state index contributed by atoms with van der Waals surface area (Å²) < 4.78 is 27.2. The van der Waals surface area contributed by atoms with Gasteiger partial charge in [-0.25, -0.2) is 8.42 Å². The highest BCUT2D eigenvalue weighted by Crippen LogP contribution is 2.32. The highest BCUT2D eigenvalue weighted by Gasteiger charge is 2.38. The molecule has 1 fully saturated rings. The second-order valence-electron chi connectivity index (χ2n) is 5.99. The molecule has 0 amide bonds. The number of thiocarbonyl (C=S) groups is 1. The Morgan fingerprint density at radius 1 is 1.33 bits per heavy atom. The minimum Gasteiger partial charge on any atom is -0.393 e. The first-order valence-corrected chi connectivity index (χ1v) is 9.04. The molecule has 1 saturated carbocycles. The van der Waals surface area contributed by atoms with Gasteiger partial charge < -0.3 is 5.73 Å². The number of benzene rings is 1. The summed E-state index contributed by atoms with van der Waals surface area (Å²) in [6.07, 6.45) is 2.42. The Hall–Kier alpha value is -0.980. The fourth-order valence-electron chi connectivity index (χ4n) is 2.28. The van der Waals surface area contributed by atoms with Crippen LogP contribution in [0.1, 0.15) is 32.3 Å². The maximum absolute atomic E-state index is 12.8. The molecule has 2 N–H and O–H groups in total. The molecule has 0 aliphatic heterocycles. The van der Waals surface area contributed by atoms with Crippen LogP contribution in [0.25, 0.3) is 0 Å². The SMILES string of the molecule is CC(C)CN(C1CC1)S(=O)(=O)c1ccc(CC(N)=S)cc1. The first-order chi connectivity index (χ1) is 9.80. The van der Waals surface area contributed by atoms with Crippen LogP contribution in [-0.2, 0) is 16.4 Å². The zero-order chi connectivity index (χ0) is 15.6. The molecule has 0 aromatic heterocycles. The minimum atomic E-state index is -3.41. The van der Waals surface area contributed by atoms with E-state index in [0.717, 1.165) is 18.4 Å². The van der Waals surface area contributed by atoms with Gasteiger partial charge in [0.2, 0.25) is 10.0 Å². The quantitative estimate of drug-likeness (QED) is 0.781. The summed E-state index contributed by atoms with van der Waals surface area (Å²) in [6.45, 7) is 4.65. The molecule has 0 bridgehead atoms. The van der Waals surface area contributed by atoms with Gasteiger partial charge in [0.15, 0.2) is 0 Å². The van der Waals surface area contributed by atoms with E-state index in [4.69, 9.17) is 18.0 Å². The van der Waals surface area contributed by atoms with E-state index in [-0.39, 0.29) is 6.04 Å². The van der Waals surface area contributed by atoms with E-state index in [1.807, 2.05) is 13.8 Å². The molecule has 4 nitrogen and oxygen atoms in total. The van der Waals surface area contributed by atoms with Gasteiger partial charge in [-0.05, 0) is 36.5 Å². The molecule has 2 rings (SSSR count). The Morgan fingerprint density at radius 2 is 1.90 bits per heavy atom. The largest absolute Gasteiger partial charge is 0.393 e. The Bertz CT molecular complexity index is 605. The van der Waals surface area contributed by atoms with Gasteiger partial charge in [-0.2, -0.15) is 4.31 Å². The molecule has 0 unspecified atom stereocenters. The third kappa shape index (κ3) is 4.25. The van der Waals surface area contributed by atoms with Gasteiger partial charge in [0.25, 0.3) is 0 Å². The van der Waals surface area contributed by atoms with E-state index in [1.165, 1.54) is 0 Å². The van der Waals surface area contributed by atoms with Gasteiger partial charge in [-0.15, -0.1) is 0 Å². The van der Waals surface area contributed by atoms with Crippen LogP contribution in [0.3, 0.4) is 0 Å². The van der Waals surface area contributed by atoms with Crippen LogP contribution in [0, 0.1) is 5.92 Å². The second-order valence-corrected chi connectivity index (χ2v) is 8.40. The summed E-state index contributed by atoms with van der Waals surface area (Å²) >= 11 is 4.87. The monoisotopic (exact) mass is 326 g/mol. The lowest BCUT2D eigenvalue weighted by Crippen LogP contribution is -2.36. The van der Waals surface area contributed by atoms with Crippen molar-refractivity contribution in [3.8, 4) is 0 Å². The van der Waals surface area contributed by atoms with Crippen LogP contribution in [0.4, 0.5) is 0 Å². The molecular weight excluding hydrogens is 304 g/mol. The third-order valence-electron chi connectivity index (χ3n) is 3.41. The Morgan fingerprint density at radius 3 is 2.33 bits per heavy atom. The predicted molar refractivity (Wildman–Crippen MR) is 88.7 cm³/mol. The summed E-state index contributed by atoms with van der Waals surface area (Å²) in [5.41, 5.74) is 6.44. The molecule has 116 valence electrons. The standard InChI is InChI=1S/C15H22N2O2S2/c1-11(2)10-17(13-5-6-13)21(18,19)14-7-3-12(4-8-14)9-15(16)20/h3-4,7-8,11,13H,5-6,9-10H2,1-2H3,(H2,16,20). The van der Waals surface area contributed by atoms with Gasteiger partial charge in [-0.3, -0.25) is 0 Å². The van der Waals surface area contributed by atoms with Crippen molar-refractivity contribution >= 4 is 27.2 Å². The zero-order valence-electron chi connectivity index (χ0n) is 12.5. The molecule has 0 saturated heterocycles. The number of sulfonamides is 1. The van der Waals surface area contributed by atoms with E-state index >= 15 is 0 Å². The highest BCUT2D eigenvalue weighted by molar-refractivity contribution is 7.89. The van der Waals surface area contributed by atoms with E-state index in [2.05, 4.69) is 0 Å². The molecule has 0 heterocycles. The second kappa shape index (κ2) is 6.42. The zero-order valence-corrected chi connectivity index (χ0v) is 14.1. The van der Waals surface area contributed by atoms with Crippen molar-refractivity contribution in [1.29, 1.82) is 0 Å². The van der Waals surface area contributed by atoms with Crippen molar-refractivity contribution in [3.63, 3.8) is 0 Å². The Kier molecular flexibility index (Phi) is 5.01. The van der Waals surface area contributed by atoms with Crippen LogP contribution in [0.15, 0.2) is 29.2 Å². The molecule has 0 radical (unpaired) electrons. The van der Waals surface area contributed by atoms with Crippen molar-refractivity contribution in [1.82, 2.24) is 4.31 Å². The average molecular weight is 326 g/mol. The molecule has 1 aromatic rings. The lowest BCUT2D eigenvalue weighted by atomic mass is 10.1. The number of rotatable bonds is 7. The third-order valence-corrected chi connectivity index (χ3v) is 5.48. The maximum Gasteiger partial charge on any atom is 0.243 e. The summed E-state index contributed by atoms with van der Waals surface area (Å²) in [4.78, 5) is 0.756.